The molecule has 8 nitrogen and oxygen atoms in total. The van der Waals surface area contributed by atoms with Crippen LogP contribution in [-0.4, -0.2) is 48.0 Å². The van der Waals surface area contributed by atoms with Gasteiger partial charge in [-0.15, -0.1) is 0 Å². The van der Waals surface area contributed by atoms with E-state index in [1.54, 1.807) is 24.3 Å². The second kappa shape index (κ2) is 12.3. The monoisotopic (exact) mass is 426 g/mol. The third kappa shape index (κ3) is 8.88. The summed E-state index contributed by atoms with van der Waals surface area (Å²) >= 11 is 0. The molecule has 2 rings (SSSR count). The molecule has 0 aromatic heterocycles. The van der Waals surface area contributed by atoms with E-state index >= 15 is 0 Å². The number of carbonyl (C=O) groups is 3. The molecule has 2 aromatic rings. The standard InChI is InChI=1S/C23H30N4O4/c1-16(28)27-21(15-17-6-3-2-4-7-17)23(31)26-13-5-12-25-22(30)20(24)14-18-8-10-19(29)11-9-18/h2-4,6-11,20-21,29H,5,12-15,24H2,1H3,(H,25,30)(H,26,31)(H,27,28)/t20?,21-/m1/s1. The maximum Gasteiger partial charge on any atom is 0.242 e. The molecule has 0 fully saturated rings. The van der Waals surface area contributed by atoms with Crippen LogP contribution in [0.5, 0.6) is 5.75 Å². The van der Waals surface area contributed by atoms with Gasteiger partial charge < -0.3 is 26.8 Å². The van der Waals surface area contributed by atoms with Gasteiger partial charge in [0.1, 0.15) is 11.8 Å². The molecule has 31 heavy (non-hydrogen) atoms. The molecule has 0 radical (unpaired) electrons. The number of rotatable bonds is 11. The van der Waals surface area contributed by atoms with Crippen molar-refractivity contribution in [3.05, 3.63) is 65.7 Å². The van der Waals surface area contributed by atoms with Crippen molar-refractivity contribution in [3.63, 3.8) is 0 Å². The molecule has 1 unspecified atom stereocenters. The average Bonchev–Trinajstić information content (AvgIpc) is 2.74. The molecule has 0 spiro atoms. The van der Waals surface area contributed by atoms with E-state index in [4.69, 9.17) is 5.73 Å². The highest BCUT2D eigenvalue weighted by atomic mass is 16.3. The van der Waals surface area contributed by atoms with E-state index in [1.165, 1.54) is 6.92 Å². The van der Waals surface area contributed by atoms with Gasteiger partial charge in [-0.25, -0.2) is 0 Å². The number of carbonyl (C=O) groups excluding carboxylic acids is 3. The van der Waals surface area contributed by atoms with Crippen molar-refractivity contribution in [1.29, 1.82) is 0 Å². The molecule has 6 N–H and O–H groups in total. The number of amides is 3. The number of hydrogen-bond donors (Lipinski definition) is 5. The molecule has 0 saturated carbocycles. The molecule has 0 heterocycles. The lowest BCUT2D eigenvalue weighted by molar-refractivity contribution is -0.128. The van der Waals surface area contributed by atoms with Crippen molar-refractivity contribution < 1.29 is 19.5 Å². The Morgan fingerprint density at radius 2 is 1.45 bits per heavy atom. The Labute approximate surface area is 182 Å². The molecule has 0 aliphatic carbocycles. The summed E-state index contributed by atoms with van der Waals surface area (Å²) in [5, 5.41) is 17.5. The normalized spacial score (nSPS) is 12.5. The Bertz CT molecular complexity index is 856. The first-order chi connectivity index (χ1) is 14.8. The Hall–Kier alpha value is -3.39. The van der Waals surface area contributed by atoms with Gasteiger partial charge in [0.15, 0.2) is 0 Å². The molecule has 3 amide bonds. The minimum Gasteiger partial charge on any atom is -0.508 e. The van der Waals surface area contributed by atoms with E-state index in [0.29, 0.717) is 32.4 Å². The third-order valence-electron chi connectivity index (χ3n) is 4.66. The lowest BCUT2D eigenvalue weighted by Crippen LogP contribution is -2.48. The molecule has 0 aliphatic heterocycles. The predicted octanol–water partition coefficient (Wildman–Crippen LogP) is 0.632. The van der Waals surface area contributed by atoms with Crippen LogP contribution >= 0.6 is 0 Å². The van der Waals surface area contributed by atoms with Gasteiger partial charge >= 0.3 is 0 Å². The van der Waals surface area contributed by atoms with E-state index in [1.807, 2.05) is 30.3 Å². The number of aromatic hydroxyl groups is 1. The lowest BCUT2D eigenvalue weighted by atomic mass is 10.1. The van der Waals surface area contributed by atoms with Crippen molar-refractivity contribution in [1.82, 2.24) is 16.0 Å². The minimum atomic E-state index is -0.700. The number of benzene rings is 2. The summed E-state index contributed by atoms with van der Waals surface area (Å²) in [5.74, 6) is -0.659. The first-order valence-corrected chi connectivity index (χ1v) is 10.2. The van der Waals surface area contributed by atoms with E-state index in [2.05, 4.69) is 16.0 Å². The zero-order valence-electron chi connectivity index (χ0n) is 17.6. The zero-order chi connectivity index (χ0) is 22.6. The van der Waals surface area contributed by atoms with Crippen LogP contribution in [0.25, 0.3) is 0 Å². The topological polar surface area (TPSA) is 134 Å². The Kier molecular flexibility index (Phi) is 9.51. The van der Waals surface area contributed by atoms with Crippen LogP contribution in [0.2, 0.25) is 0 Å². The summed E-state index contributed by atoms with van der Waals surface area (Å²) in [6, 6.07) is 14.6. The summed E-state index contributed by atoms with van der Waals surface area (Å²) in [6.07, 6.45) is 1.29. The van der Waals surface area contributed by atoms with E-state index < -0.39 is 12.1 Å². The number of nitrogens with two attached hydrogens (primary N) is 1. The van der Waals surface area contributed by atoms with Crippen molar-refractivity contribution >= 4 is 17.7 Å². The Morgan fingerprint density at radius 3 is 2.06 bits per heavy atom. The number of phenols is 1. The van der Waals surface area contributed by atoms with E-state index in [9.17, 15) is 19.5 Å². The molecule has 0 saturated heterocycles. The zero-order valence-corrected chi connectivity index (χ0v) is 17.6. The van der Waals surface area contributed by atoms with Crippen molar-refractivity contribution in [2.45, 2.75) is 38.3 Å². The molecule has 0 aliphatic rings. The third-order valence-corrected chi connectivity index (χ3v) is 4.66. The van der Waals surface area contributed by atoms with E-state index in [-0.39, 0.29) is 23.5 Å². The van der Waals surface area contributed by atoms with Gasteiger partial charge in [-0.3, -0.25) is 14.4 Å². The summed E-state index contributed by atoms with van der Waals surface area (Å²) in [7, 11) is 0. The van der Waals surface area contributed by atoms with Gasteiger partial charge in [-0.05, 0) is 36.1 Å². The maximum absolute atomic E-state index is 12.5. The van der Waals surface area contributed by atoms with Gasteiger partial charge in [0.05, 0.1) is 6.04 Å². The van der Waals surface area contributed by atoms with Crippen LogP contribution in [0.4, 0.5) is 0 Å². The molecule has 0 bridgehead atoms. The highest BCUT2D eigenvalue weighted by molar-refractivity contribution is 5.87. The van der Waals surface area contributed by atoms with Gasteiger partial charge in [0.25, 0.3) is 0 Å². The van der Waals surface area contributed by atoms with Crippen LogP contribution in [-0.2, 0) is 27.2 Å². The van der Waals surface area contributed by atoms with Crippen molar-refractivity contribution in [2.75, 3.05) is 13.1 Å². The molecule has 2 aromatic carbocycles. The number of nitrogens with one attached hydrogen (secondary N) is 3. The highest BCUT2D eigenvalue weighted by Crippen LogP contribution is 2.10. The summed E-state index contributed by atoms with van der Waals surface area (Å²) in [5.41, 5.74) is 7.73. The fraction of sp³-hybridized carbons (Fsp3) is 0.348. The SMILES string of the molecule is CC(=O)N[C@H](Cc1ccccc1)C(=O)NCCCNC(=O)C(N)Cc1ccc(O)cc1. The molecule has 166 valence electrons. The van der Waals surface area contributed by atoms with Gasteiger partial charge in [-0.2, -0.15) is 0 Å². The van der Waals surface area contributed by atoms with Gasteiger partial charge in [0.2, 0.25) is 17.7 Å². The predicted molar refractivity (Wildman–Crippen MR) is 118 cm³/mol. The van der Waals surface area contributed by atoms with Crippen LogP contribution in [0.3, 0.4) is 0 Å². The van der Waals surface area contributed by atoms with Crippen molar-refractivity contribution in [3.8, 4) is 5.75 Å². The fourth-order valence-corrected chi connectivity index (χ4v) is 3.05. The highest BCUT2D eigenvalue weighted by Gasteiger charge is 2.19. The Morgan fingerprint density at radius 1 is 0.871 bits per heavy atom. The van der Waals surface area contributed by atoms with Crippen molar-refractivity contribution in [2.24, 2.45) is 5.73 Å². The number of phenolic OH excluding ortho intramolecular Hbond substituents is 1. The van der Waals surface area contributed by atoms with Gasteiger partial charge in [-0.1, -0.05) is 42.5 Å². The lowest BCUT2D eigenvalue weighted by Gasteiger charge is -2.18. The van der Waals surface area contributed by atoms with Crippen LogP contribution in [0.1, 0.15) is 24.5 Å². The second-order valence-corrected chi connectivity index (χ2v) is 7.36. The number of hydrogen-bond acceptors (Lipinski definition) is 5. The quantitative estimate of drug-likeness (QED) is 0.336. The molecule has 2 atom stereocenters. The summed E-state index contributed by atoms with van der Waals surface area (Å²) < 4.78 is 0. The summed E-state index contributed by atoms with van der Waals surface area (Å²) in [4.78, 5) is 36.0. The molecular formula is C23H30N4O4. The largest absolute Gasteiger partial charge is 0.508 e. The maximum atomic E-state index is 12.5. The van der Waals surface area contributed by atoms with E-state index in [0.717, 1.165) is 11.1 Å². The van der Waals surface area contributed by atoms with Crippen LogP contribution < -0.4 is 21.7 Å². The second-order valence-electron chi connectivity index (χ2n) is 7.36. The first-order valence-electron chi connectivity index (χ1n) is 10.2. The molecule has 8 heteroatoms. The first kappa shape index (κ1) is 23.9. The fourth-order valence-electron chi connectivity index (χ4n) is 3.05. The van der Waals surface area contributed by atoms with Gasteiger partial charge in [0, 0.05) is 26.4 Å². The summed E-state index contributed by atoms with van der Waals surface area (Å²) in [6.45, 7) is 2.10. The van der Waals surface area contributed by atoms with Crippen LogP contribution in [0, 0.1) is 0 Å². The smallest absolute Gasteiger partial charge is 0.242 e. The minimum absolute atomic E-state index is 0.160. The average molecular weight is 427 g/mol. The van der Waals surface area contributed by atoms with Crippen LogP contribution in [0.15, 0.2) is 54.6 Å². The Balaban J connectivity index is 1.70. The molecular weight excluding hydrogens is 396 g/mol.